The SMILES string of the molecule is CCCN(CC1CC1)C(=O)Nc1cc(Br)ccc1C(=O)O. The van der Waals surface area contributed by atoms with Gasteiger partial charge in [0.05, 0.1) is 11.3 Å². The maximum Gasteiger partial charge on any atom is 0.337 e. The highest BCUT2D eigenvalue weighted by atomic mass is 79.9. The lowest BCUT2D eigenvalue weighted by Crippen LogP contribution is -2.37. The minimum absolute atomic E-state index is 0.0921. The highest BCUT2D eigenvalue weighted by Crippen LogP contribution is 2.30. The number of carbonyl (C=O) groups is 2. The van der Waals surface area contributed by atoms with Crippen LogP contribution < -0.4 is 5.32 Å². The summed E-state index contributed by atoms with van der Waals surface area (Å²) in [6.45, 7) is 3.45. The van der Waals surface area contributed by atoms with Crippen LogP contribution in [-0.2, 0) is 0 Å². The molecule has 1 fully saturated rings. The lowest BCUT2D eigenvalue weighted by Gasteiger charge is -2.23. The minimum atomic E-state index is -1.05. The lowest BCUT2D eigenvalue weighted by molar-refractivity contribution is 0.0698. The molecule has 0 spiro atoms. The van der Waals surface area contributed by atoms with Crippen LogP contribution in [0.4, 0.5) is 10.5 Å². The number of halogens is 1. The zero-order valence-electron chi connectivity index (χ0n) is 11.9. The Morgan fingerprint density at radius 2 is 2.14 bits per heavy atom. The predicted molar refractivity (Wildman–Crippen MR) is 84.7 cm³/mol. The second-order valence-corrected chi connectivity index (χ2v) is 6.23. The van der Waals surface area contributed by atoms with Crippen molar-refractivity contribution in [2.45, 2.75) is 26.2 Å². The Labute approximate surface area is 132 Å². The van der Waals surface area contributed by atoms with Crippen molar-refractivity contribution < 1.29 is 14.7 Å². The Morgan fingerprint density at radius 1 is 1.43 bits per heavy atom. The normalized spacial score (nSPS) is 13.8. The first-order valence-electron chi connectivity index (χ1n) is 7.10. The van der Waals surface area contributed by atoms with Crippen LogP contribution in [0, 0.1) is 5.92 Å². The van der Waals surface area contributed by atoms with E-state index >= 15 is 0 Å². The summed E-state index contributed by atoms with van der Waals surface area (Å²) in [5, 5.41) is 11.9. The number of carbonyl (C=O) groups excluding carboxylic acids is 1. The number of hydrogen-bond acceptors (Lipinski definition) is 2. The molecule has 1 aliphatic rings. The second kappa shape index (κ2) is 6.93. The molecule has 0 aliphatic heterocycles. The average molecular weight is 355 g/mol. The number of nitrogens with one attached hydrogen (secondary N) is 1. The fourth-order valence-electron chi connectivity index (χ4n) is 2.16. The number of nitrogens with zero attached hydrogens (tertiary/aromatic N) is 1. The van der Waals surface area contributed by atoms with Crippen molar-refractivity contribution in [2.24, 2.45) is 5.92 Å². The van der Waals surface area contributed by atoms with E-state index in [0.29, 0.717) is 18.2 Å². The number of amides is 2. The van der Waals surface area contributed by atoms with Gasteiger partial charge in [0.25, 0.3) is 0 Å². The van der Waals surface area contributed by atoms with Crippen LogP contribution in [0.1, 0.15) is 36.5 Å². The van der Waals surface area contributed by atoms with Crippen molar-refractivity contribution in [3.63, 3.8) is 0 Å². The zero-order chi connectivity index (χ0) is 15.4. The van der Waals surface area contributed by atoms with E-state index in [4.69, 9.17) is 0 Å². The summed E-state index contributed by atoms with van der Waals surface area (Å²) in [5.41, 5.74) is 0.410. The van der Waals surface area contributed by atoms with Gasteiger partial charge >= 0.3 is 12.0 Å². The van der Waals surface area contributed by atoms with Crippen LogP contribution in [0.15, 0.2) is 22.7 Å². The van der Waals surface area contributed by atoms with Crippen LogP contribution in [0.25, 0.3) is 0 Å². The predicted octanol–water partition coefficient (Wildman–Crippen LogP) is 3.80. The van der Waals surface area contributed by atoms with E-state index in [0.717, 1.165) is 17.4 Å². The smallest absolute Gasteiger partial charge is 0.337 e. The molecule has 1 saturated carbocycles. The number of urea groups is 1. The molecular formula is C15H19BrN2O3. The fourth-order valence-corrected chi connectivity index (χ4v) is 2.52. The molecule has 1 aliphatic carbocycles. The molecule has 2 amide bonds. The molecule has 0 heterocycles. The molecule has 21 heavy (non-hydrogen) atoms. The number of rotatable bonds is 6. The van der Waals surface area contributed by atoms with E-state index < -0.39 is 5.97 Å². The molecule has 0 saturated heterocycles. The third-order valence-electron chi connectivity index (χ3n) is 3.41. The van der Waals surface area contributed by atoms with Crippen molar-refractivity contribution in [1.29, 1.82) is 0 Å². The van der Waals surface area contributed by atoms with Gasteiger partial charge in [0.2, 0.25) is 0 Å². The molecule has 0 atom stereocenters. The van der Waals surface area contributed by atoms with E-state index in [2.05, 4.69) is 21.2 Å². The molecule has 1 aromatic rings. The summed E-state index contributed by atoms with van der Waals surface area (Å²) in [5.74, 6) is -0.453. The van der Waals surface area contributed by atoms with E-state index in [1.165, 1.54) is 18.9 Å². The third kappa shape index (κ3) is 4.46. The Hall–Kier alpha value is -1.56. The monoisotopic (exact) mass is 354 g/mol. The molecule has 2 N–H and O–H groups in total. The summed E-state index contributed by atoms with van der Waals surface area (Å²) in [6, 6.07) is 4.51. The number of anilines is 1. The van der Waals surface area contributed by atoms with Gasteiger partial charge in [-0.25, -0.2) is 9.59 Å². The molecule has 1 aromatic carbocycles. The molecule has 2 rings (SSSR count). The molecule has 0 aromatic heterocycles. The summed E-state index contributed by atoms with van der Waals surface area (Å²) in [7, 11) is 0. The molecule has 114 valence electrons. The molecule has 5 nitrogen and oxygen atoms in total. The van der Waals surface area contributed by atoms with Crippen molar-refractivity contribution in [3.05, 3.63) is 28.2 Å². The van der Waals surface area contributed by atoms with E-state index in [1.807, 2.05) is 6.92 Å². The highest BCUT2D eigenvalue weighted by molar-refractivity contribution is 9.10. The first-order valence-corrected chi connectivity index (χ1v) is 7.89. The minimum Gasteiger partial charge on any atom is -0.478 e. The zero-order valence-corrected chi connectivity index (χ0v) is 13.5. The number of carboxylic acid groups (broad SMARTS) is 1. The quantitative estimate of drug-likeness (QED) is 0.816. The van der Waals surface area contributed by atoms with E-state index in [-0.39, 0.29) is 11.6 Å². The van der Waals surface area contributed by atoms with Gasteiger partial charge in [-0.2, -0.15) is 0 Å². The molecule has 0 bridgehead atoms. The Morgan fingerprint density at radius 3 is 2.71 bits per heavy atom. The third-order valence-corrected chi connectivity index (χ3v) is 3.90. The van der Waals surface area contributed by atoms with Gasteiger partial charge in [-0.3, -0.25) is 0 Å². The number of carboxylic acids is 1. The standard InChI is InChI=1S/C15H19BrN2O3/c1-2-7-18(9-10-3-4-10)15(21)17-13-8-11(16)5-6-12(13)14(19)20/h5-6,8,10H,2-4,7,9H2,1H3,(H,17,21)(H,19,20). The van der Waals surface area contributed by atoms with Gasteiger partial charge in [-0.1, -0.05) is 22.9 Å². The van der Waals surface area contributed by atoms with Gasteiger partial charge in [0, 0.05) is 17.6 Å². The molecule has 0 radical (unpaired) electrons. The van der Waals surface area contributed by atoms with Crippen molar-refractivity contribution >= 4 is 33.6 Å². The van der Waals surface area contributed by atoms with E-state index in [9.17, 15) is 14.7 Å². The Balaban J connectivity index is 2.12. The van der Waals surface area contributed by atoms with E-state index in [1.54, 1.807) is 17.0 Å². The molecule has 0 unspecified atom stereocenters. The van der Waals surface area contributed by atoms with Gasteiger partial charge in [0.1, 0.15) is 0 Å². The Bertz CT molecular complexity index is 544. The maximum absolute atomic E-state index is 12.4. The summed E-state index contributed by atoms with van der Waals surface area (Å²) in [6.07, 6.45) is 3.22. The van der Waals surface area contributed by atoms with Gasteiger partial charge in [-0.15, -0.1) is 0 Å². The first-order chi connectivity index (χ1) is 10.0. The first kappa shape index (κ1) is 15.8. The van der Waals surface area contributed by atoms with Crippen molar-refractivity contribution in [1.82, 2.24) is 4.90 Å². The summed E-state index contributed by atoms with van der Waals surface area (Å²) < 4.78 is 0.729. The average Bonchev–Trinajstić information content (AvgIpc) is 3.22. The number of hydrogen-bond donors (Lipinski definition) is 2. The lowest BCUT2D eigenvalue weighted by atomic mass is 10.2. The van der Waals surface area contributed by atoms with Gasteiger partial charge < -0.3 is 15.3 Å². The van der Waals surface area contributed by atoms with Gasteiger partial charge in [-0.05, 0) is 43.4 Å². The van der Waals surface area contributed by atoms with Gasteiger partial charge in [0.15, 0.2) is 0 Å². The number of benzene rings is 1. The second-order valence-electron chi connectivity index (χ2n) is 5.31. The van der Waals surface area contributed by atoms with Crippen molar-refractivity contribution in [2.75, 3.05) is 18.4 Å². The van der Waals surface area contributed by atoms with Crippen LogP contribution >= 0.6 is 15.9 Å². The summed E-state index contributed by atoms with van der Waals surface area (Å²) in [4.78, 5) is 25.3. The molecular weight excluding hydrogens is 336 g/mol. The van der Waals surface area contributed by atoms with Crippen LogP contribution in [0.2, 0.25) is 0 Å². The fraction of sp³-hybridized carbons (Fsp3) is 0.467. The largest absolute Gasteiger partial charge is 0.478 e. The van der Waals surface area contributed by atoms with Crippen LogP contribution in [-0.4, -0.2) is 35.1 Å². The summed E-state index contributed by atoms with van der Waals surface area (Å²) >= 11 is 3.30. The maximum atomic E-state index is 12.4. The molecule has 6 heteroatoms. The van der Waals surface area contributed by atoms with Crippen LogP contribution in [0.3, 0.4) is 0 Å². The van der Waals surface area contributed by atoms with Crippen LogP contribution in [0.5, 0.6) is 0 Å². The Kier molecular flexibility index (Phi) is 5.22. The highest BCUT2D eigenvalue weighted by Gasteiger charge is 2.26. The van der Waals surface area contributed by atoms with Crippen molar-refractivity contribution in [3.8, 4) is 0 Å². The topological polar surface area (TPSA) is 69.6 Å². The number of aromatic carboxylic acids is 1.